The number of hydrogen-bond acceptors (Lipinski definition) is 3. The first-order valence-corrected chi connectivity index (χ1v) is 7.16. The van der Waals surface area contributed by atoms with Gasteiger partial charge in [0.2, 0.25) is 0 Å². The van der Waals surface area contributed by atoms with Crippen molar-refractivity contribution in [1.82, 2.24) is 0 Å². The van der Waals surface area contributed by atoms with Crippen molar-refractivity contribution in [3.8, 4) is 0 Å². The third-order valence-electron chi connectivity index (χ3n) is 3.23. The van der Waals surface area contributed by atoms with E-state index in [1.807, 2.05) is 0 Å². The number of thioether (sulfide) groups is 1. The second-order valence-electron chi connectivity index (χ2n) is 4.48. The molecule has 1 saturated carbocycles. The van der Waals surface area contributed by atoms with Crippen molar-refractivity contribution < 1.29 is 0 Å². The van der Waals surface area contributed by atoms with Gasteiger partial charge in [0.05, 0.1) is 0 Å². The maximum atomic E-state index is 5.90. The first kappa shape index (κ1) is 11.8. The summed E-state index contributed by atoms with van der Waals surface area (Å²) in [6.45, 7) is 0. The molecule has 1 aromatic rings. The Morgan fingerprint density at radius 3 is 2.31 bits per heavy atom. The zero-order valence-electron chi connectivity index (χ0n) is 9.78. The van der Waals surface area contributed by atoms with Crippen molar-refractivity contribution in [3.05, 3.63) is 24.3 Å². The quantitative estimate of drug-likeness (QED) is 0.792. The van der Waals surface area contributed by atoms with Gasteiger partial charge in [-0.2, -0.15) is 0 Å². The van der Waals surface area contributed by atoms with Crippen LogP contribution in [0.4, 0.5) is 5.69 Å². The number of rotatable bonds is 3. The second kappa shape index (κ2) is 5.60. The van der Waals surface area contributed by atoms with Crippen LogP contribution in [0.5, 0.6) is 0 Å². The molecular formula is C13H20N2S. The van der Waals surface area contributed by atoms with Crippen molar-refractivity contribution >= 4 is 17.4 Å². The van der Waals surface area contributed by atoms with Crippen LogP contribution in [0.25, 0.3) is 0 Å². The van der Waals surface area contributed by atoms with Gasteiger partial charge in [0.25, 0.3) is 0 Å². The molecule has 0 aliphatic heterocycles. The first-order valence-electron chi connectivity index (χ1n) is 5.94. The van der Waals surface area contributed by atoms with Crippen molar-refractivity contribution in [2.45, 2.75) is 42.7 Å². The minimum Gasteiger partial charge on any atom is -0.382 e. The predicted octanol–water partition coefficient (Wildman–Crippen LogP) is 3.09. The summed E-state index contributed by atoms with van der Waals surface area (Å²) in [5.41, 5.74) is 7.13. The summed E-state index contributed by atoms with van der Waals surface area (Å²) < 4.78 is 0. The number of anilines is 1. The van der Waals surface area contributed by atoms with E-state index in [0.717, 1.165) is 12.8 Å². The van der Waals surface area contributed by atoms with E-state index in [9.17, 15) is 0 Å². The van der Waals surface area contributed by atoms with E-state index in [2.05, 4.69) is 35.8 Å². The van der Waals surface area contributed by atoms with Gasteiger partial charge >= 0.3 is 0 Å². The summed E-state index contributed by atoms with van der Waals surface area (Å²) in [5, 5.41) is 3.59. The molecule has 88 valence electrons. The number of nitrogens with one attached hydrogen (secondary N) is 1. The van der Waals surface area contributed by atoms with Crippen LogP contribution in [0.15, 0.2) is 29.2 Å². The molecule has 0 heterocycles. The van der Waals surface area contributed by atoms with Gasteiger partial charge in [-0.3, -0.25) is 0 Å². The zero-order valence-corrected chi connectivity index (χ0v) is 10.6. The molecule has 3 N–H and O–H groups in total. The highest BCUT2D eigenvalue weighted by Crippen LogP contribution is 2.23. The molecule has 0 saturated heterocycles. The fourth-order valence-corrected chi connectivity index (χ4v) is 2.59. The fourth-order valence-electron chi connectivity index (χ4n) is 2.19. The lowest BCUT2D eigenvalue weighted by Crippen LogP contribution is -2.32. The van der Waals surface area contributed by atoms with Gasteiger partial charge in [-0.1, -0.05) is 0 Å². The van der Waals surface area contributed by atoms with Crippen molar-refractivity contribution in [2.24, 2.45) is 5.73 Å². The van der Waals surface area contributed by atoms with Gasteiger partial charge in [-0.25, -0.2) is 0 Å². The van der Waals surface area contributed by atoms with E-state index < -0.39 is 0 Å². The van der Waals surface area contributed by atoms with E-state index in [1.54, 1.807) is 11.8 Å². The zero-order chi connectivity index (χ0) is 11.4. The summed E-state index contributed by atoms with van der Waals surface area (Å²) >= 11 is 1.78. The Labute approximate surface area is 102 Å². The Morgan fingerprint density at radius 1 is 1.12 bits per heavy atom. The second-order valence-corrected chi connectivity index (χ2v) is 5.36. The Bertz CT molecular complexity index is 315. The molecule has 0 spiro atoms. The highest BCUT2D eigenvalue weighted by atomic mass is 32.2. The molecule has 2 rings (SSSR count). The number of hydrogen-bond donors (Lipinski definition) is 2. The van der Waals surface area contributed by atoms with Crippen LogP contribution < -0.4 is 11.1 Å². The minimum atomic E-state index is 0.428. The molecule has 3 heteroatoms. The SMILES string of the molecule is CSc1ccc(NC2CCC(N)CC2)cc1. The van der Waals surface area contributed by atoms with E-state index in [4.69, 9.17) is 5.73 Å². The molecule has 0 aromatic heterocycles. The maximum absolute atomic E-state index is 5.90. The lowest BCUT2D eigenvalue weighted by molar-refractivity contribution is 0.411. The molecule has 0 bridgehead atoms. The Morgan fingerprint density at radius 2 is 1.75 bits per heavy atom. The molecule has 0 radical (unpaired) electrons. The summed E-state index contributed by atoms with van der Waals surface area (Å²) in [7, 11) is 0. The normalized spacial score (nSPS) is 25.4. The van der Waals surface area contributed by atoms with E-state index in [1.165, 1.54) is 23.4 Å². The third-order valence-corrected chi connectivity index (χ3v) is 3.98. The summed E-state index contributed by atoms with van der Waals surface area (Å²) in [5.74, 6) is 0. The van der Waals surface area contributed by atoms with Crippen molar-refractivity contribution in [2.75, 3.05) is 11.6 Å². The van der Waals surface area contributed by atoms with Gasteiger partial charge in [0, 0.05) is 22.7 Å². The smallest absolute Gasteiger partial charge is 0.0343 e. The van der Waals surface area contributed by atoms with Gasteiger partial charge in [0.1, 0.15) is 0 Å². The molecule has 1 aromatic carbocycles. The monoisotopic (exact) mass is 236 g/mol. The van der Waals surface area contributed by atoms with Crippen molar-refractivity contribution in [3.63, 3.8) is 0 Å². The number of nitrogens with two attached hydrogens (primary N) is 1. The average molecular weight is 236 g/mol. The predicted molar refractivity (Wildman–Crippen MR) is 72.1 cm³/mol. The molecule has 0 unspecified atom stereocenters. The van der Waals surface area contributed by atoms with Crippen LogP contribution >= 0.6 is 11.8 Å². The highest BCUT2D eigenvalue weighted by molar-refractivity contribution is 7.98. The lowest BCUT2D eigenvalue weighted by Gasteiger charge is -2.27. The first-order chi connectivity index (χ1) is 7.78. The van der Waals surface area contributed by atoms with Gasteiger partial charge in [-0.05, 0) is 56.2 Å². The van der Waals surface area contributed by atoms with Crippen LogP contribution in [0.2, 0.25) is 0 Å². The lowest BCUT2D eigenvalue weighted by atomic mass is 9.92. The van der Waals surface area contributed by atoms with Crippen molar-refractivity contribution in [1.29, 1.82) is 0 Å². The van der Waals surface area contributed by atoms with E-state index >= 15 is 0 Å². The van der Waals surface area contributed by atoms with Gasteiger partial charge in [-0.15, -0.1) is 11.8 Å². The molecule has 2 nitrogen and oxygen atoms in total. The van der Waals surface area contributed by atoms with Crippen LogP contribution in [0, 0.1) is 0 Å². The Balaban J connectivity index is 1.88. The van der Waals surface area contributed by atoms with Gasteiger partial charge < -0.3 is 11.1 Å². The molecule has 0 amide bonds. The summed E-state index contributed by atoms with van der Waals surface area (Å²) in [6.07, 6.45) is 6.81. The molecule has 1 fully saturated rings. The standard InChI is InChI=1S/C13H20N2S/c1-16-13-8-6-12(7-9-13)15-11-4-2-10(14)3-5-11/h6-11,15H,2-5,14H2,1H3. The minimum absolute atomic E-state index is 0.428. The van der Waals surface area contributed by atoms with Crippen LogP contribution in [0.3, 0.4) is 0 Å². The van der Waals surface area contributed by atoms with Gasteiger partial charge in [0.15, 0.2) is 0 Å². The third kappa shape index (κ3) is 3.16. The molecule has 1 aliphatic rings. The molecule has 16 heavy (non-hydrogen) atoms. The largest absolute Gasteiger partial charge is 0.382 e. The van der Waals surface area contributed by atoms with E-state index in [-0.39, 0.29) is 0 Å². The Hall–Kier alpha value is -0.670. The molecule has 0 atom stereocenters. The van der Waals surface area contributed by atoms with Crippen LogP contribution in [-0.2, 0) is 0 Å². The summed E-state index contributed by atoms with van der Waals surface area (Å²) in [6, 6.07) is 9.71. The van der Waals surface area contributed by atoms with Crippen LogP contribution in [-0.4, -0.2) is 18.3 Å². The van der Waals surface area contributed by atoms with E-state index in [0.29, 0.717) is 12.1 Å². The molecule has 1 aliphatic carbocycles. The number of benzene rings is 1. The average Bonchev–Trinajstić information content (AvgIpc) is 2.33. The maximum Gasteiger partial charge on any atom is 0.0343 e. The topological polar surface area (TPSA) is 38.0 Å². The van der Waals surface area contributed by atoms with Crippen LogP contribution in [0.1, 0.15) is 25.7 Å². The molecular weight excluding hydrogens is 216 g/mol. The highest BCUT2D eigenvalue weighted by Gasteiger charge is 2.17. The summed E-state index contributed by atoms with van der Waals surface area (Å²) in [4.78, 5) is 1.32. The Kier molecular flexibility index (Phi) is 4.13. The fraction of sp³-hybridized carbons (Fsp3) is 0.538.